The fourth-order valence-corrected chi connectivity index (χ4v) is 2.87. The summed E-state index contributed by atoms with van der Waals surface area (Å²) >= 11 is 0. The summed E-state index contributed by atoms with van der Waals surface area (Å²) in [6.07, 6.45) is -1.06. The Morgan fingerprint density at radius 1 is 1.06 bits per heavy atom. The third-order valence-corrected chi connectivity index (χ3v) is 4.00. The summed E-state index contributed by atoms with van der Waals surface area (Å²) in [4.78, 5) is 46.8. The summed E-state index contributed by atoms with van der Waals surface area (Å²) in [5.74, 6) is -1.89. The molecule has 31 heavy (non-hydrogen) atoms. The van der Waals surface area contributed by atoms with Gasteiger partial charge in [0.15, 0.2) is 11.5 Å². The van der Waals surface area contributed by atoms with E-state index >= 15 is 0 Å². The Morgan fingerprint density at radius 2 is 1.68 bits per heavy atom. The molecule has 1 unspecified atom stereocenters. The van der Waals surface area contributed by atoms with Gasteiger partial charge in [-0.3, -0.25) is 14.4 Å². The Morgan fingerprint density at radius 3 is 2.23 bits per heavy atom. The van der Waals surface area contributed by atoms with Gasteiger partial charge in [-0.1, -0.05) is 13.0 Å². The fourth-order valence-electron chi connectivity index (χ4n) is 2.87. The van der Waals surface area contributed by atoms with E-state index in [4.69, 9.17) is 29.4 Å². The number of carbonyl (C=O) groups is 4. The molecule has 0 aliphatic rings. The molecule has 172 valence electrons. The molecule has 0 saturated carbocycles. The highest BCUT2D eigenvalue weighted by atomic mass is 16.7. The largest absolute Gasteiger partial charge is 0.508 e. The minimum atomic E-state index is -1.56. The lowest BCUT2D eigenvalue weighted by Crippen LogP contribution is -2.53. The van der Waals surface area contributed by atoms with Gasteiger partial charge in [0.05, 0.1) is 13.7 Å². The lowest BCUT2D eigenvalue weighted by molar-refractivity contribution is -0.148. The van der Waals surface area contributed by atoms with Crippen LogP contribution in [0.2, 0.25) is 0 Å². The van der Waals surface area contributed by atoms with Crippen LogP contribution in [0.3, 0.4) is 0 Å². The van der Waals surface area contributed by atoms with Crippen LogP contribution in [-0.4, -0.2) is 49.4 Å². The van der Waals surface area contributed by atoms with Crippen molar-refractivity contribution < 1.29 is 42.9 Å². The summed E-state index contributed by atoms with van der Waals surface area (Å²) in [7, 11) is 1.19. The molecule has 0 fully saturated rings. The summed E-state index contributed by atoms with van der Waals surface area (Å²) in [6.45, 7) is 6.04. The predicted octanol–water partition coefficient (Wildman–Crippen LogP) is 2.29. The molecule has 0 aromatic heterocycles. The summed E-state index contributed by atoms with van der Waals surface area (Å²) in [6, 6.07) is 4.43. The quantitative estimate of drug-likeness (QED) is 0.426. The van der Waals surface area contributed by atoms with Crippen LogP contribution in [-0.2, 0) is 35.0 Å². The SMILES string of the molecule is CCCOC(=O)O[C@@H](C)CC(N)(Cc1ccc(OC(C)=O)c(OC(C)=O)c1)C(=O)OC. The molecule has 1 aromatic carbocycles. The molecule has 10 nitrogen and oxygen atoms in total. The molecule has 0 aliphatic heterocycles. The van der Waals surface area contributed by atoms with E-state index in [9.17, 15) is 19.2 Å². The average molecular weight is 439 g/mol. The van der Waals surface area contributed by atoms with E-state index < -0.39 is 35.7 Å². The third kappa shape index (κ3) is 8.63. The van der Waals surface area contributed by atoms with Crippen molar-refractivity contribution in [2.75, 3.05) is 13.7 Å². The van der Waals surface area contributed by atoms with Gasteiger partial charge in [0.2, 0.25) is 0 Å². The Kier molecular flexibility index (Phi) is 9.94. The molecule has 1 rings (SSSR count). The number of hydrogen-bond donors (Lipinski definition) is 1. The lowest BCUT2D eigenvalue weighted by atomic mass is 9.86. The van der Waals surface area contributed by atoms with Crippen molar-refractivity contribution in [1.29, 1.82) is 0 Å². The van der Waals surface area contributed by atoms with Gasteiger partial charge in [0.1, 0.15) is 11.6 Å². The maximum atomic E-state index is 12.4. The molecule has 2 atom stereocenters. The van der Waals surface area contributed by atoms with Gasteiger partial charge < -0.3 is 29.4 Å². The fraction of sp³-hybridized carbons (Fsp3) is 0.524. The van der Waals surface area contributed by atoms with Crippen molar-refractivity contribution in [2.45, 2.75) is 58.6 Å². The van der Waals surface area contributed by atoms with Gasteiger partial charge in [-0.05, 0) is 31.0 Å². The van der Waals surface area contributed by atoms with Crippen LogP contribution in [0.5, 0.6) is 11.5 Å². The van der Waals surface area contributed by atoms with E-state index in [-0.39, 0.29) is 30.9 Å². The van der Waals surface area contributed by atoms with Crippen molar-refractivity contribution in [3.05, 3.63) is 23.8 Å². The Balaban J connectivity index is 3.09. The highest BCUT2D eigenvalue weighted by molar-refractivity contribution is 5.81. The minimum Gasteiger partial charge on any atom is -0.468 e. The van der Waals surface area contributed by atoms with Crippen LogP contribution in [0.4, 0.5) is 4.79 Å². The second-order valence-electron chi connectivity index (χ2n) is 7.02. The normalized spacial score (nSPS) is 13.4. The zero-order valence-corrected chi connectivity index (χ0v) is 18.4. The summed E-state index contributed by atoms with van der Waals surface area (Å²) in [5.41, 5.74) is 5.27. The van der Waals surface area contributed by atoms with Gasteiger partial charge in [-0.2, -0.15) is 0 Å². The minimum absolute atomic E-state index is 0.000132. The first kappa shape index (κ1) is 25.9. The zero-order chi connectivity index (χ0) is 23.6. The van der Waals surface area contributed by atoms with E-state index in [0.29, 0.717) is 12.0 Å². The molecule has 0 radical (unpaired) electrons. The highest BCUT2D eigenvalue weighted by Gasteiger charge is 2.38. The standard InChI is InChI=1S/C21H29NO9/c1-6-9-28-20(26)29-13(2)11-21(22,19(25)27-5)12-16-7-8-17(30-14(3)23)18(10-16)31-15(4)24/h7-8,10,13H,6,9,11-12,22H2,1-5H3/t13-,21?/m0/s1. The molecule has 1 aromatic rings. The maximum Gasteiger partial charge on any atom is 0.508 e. The molecular weight excluding hydrogens is 410 g/mol. The second kappa shape index (κ2) is 11.9. The zero-order valence-electron chi connectivity index (χ0n) is 18.4. The average Bonchev–Trinajstić information content (AvgIpc) is 2.66. The van der Waals surface area contributed by atoms with E-state index in [1.807, 2.05) is 6.92 Å². The van der Waals surface area contributed by atoms with Gasteiger partial charge in [-0.15, -0.1) is 0 Å². The van der Waals surface area contributed by atoms with Gasteiger partial charge in [-0.25, -0.2) is 4.79 Å². The Bertz CT molecular complexity index is 808. The molecular formula is C21H29NO9. The molecule has 0 spiro atoms. The summed E-state index contributed by atoms with van der Waals surface area (Å²) in [5, 5.41) is 0. The molecule has 0 heterocycles. The smallest absolute Gasteiger partial charge is 0.468 e. The number of rotatable bonds is 10. The van der Waals surface area contributed by atoms with Gasteiger partial charge in [0, 0.05) is 26.7 Å². The number of esters is 3. The van der Waals surface area contributed by atoms with Crippen molar-refractivity contribution in [2.24, 2.45) is 5.73 Å². The van der Waals surface area contributed by atoms with Crippen LogP contribution in [0, 0.1) is 0 Å². The van der Waals surface area contributed by atoms with E-state index in [1.165, 1.54) is 33.1 Å². The van der Waals surface area contributed by atoms with Crippen molar-refractivity contribution in [1.82, 2.24) is 0 Å². The predicted molar refractivity (Wildman–Crippen MR) is 109 cm³/mol. The molecule has 0 bridgehead atoms. The number of benzene rings is 1. The maximum absolute atomic E-state index is 12.4. The summed E-state index contributed by atoms with van der Waals surface area (Å²) < 4.78 is 25.0. The topological polar surface area (TPSA) is 140 Å². The Hall–Kier alpha value is -3.14. The van der Waals surface area contributed by atoms with Crippen molar-refractivity contribution in [3.63, 3.8) is 0 Å². The van der Waals surface area contributed by atoms with Crippen LogP contribution in [0.15, 0.2) is 18.2 Å². The van der Waals surface area contributed by atoms with Crippen LogP contribution >= 0.6 is 0 Å². The molecule has 10 heteroatoms. The van der Waals surface area contributed by atoms with Crippen molar-refractivity contribution >= 4 is 24.1 Å². The number of nitrogens with two attached hydrogens (primary N) is 1. The van der Waals surface area contributed by atoms with Crippen LogP contribution in [0.1, 0.15) is 46.1 Å². The lowest BCUT2D eigenvalue weighted by Gasteiger charge is -2.29. The monoisotopic (exact) mass is 439 g/mol. The third-order valence-electron chi connectivity index (χ3n) is 4.00. The molecule has 0 saturated heterocycles. The van der Waals surface area contributed by atoms with Crippen LogP contribution in [0.25, 0.3) is 0 Å². The van der Waals surface area contributed by atoms with Gasteiger partial charge >= 0.3 is 24.1 Å². The van der Waals surface area contributed by atoms with E-state index in [0.717, 1.165) is 0 Å². The number of ether oxygens (including phenoxy) is 5. The number of hydrogen-bond acceptors (Lipinski definition) is 10. The number of carbonyl (C=O) groups excluding carboxylic acids is 4. The van der Waals surface area contributed by atoms with E-state index in [2.05, 4.69) is 0 Å². The number of methoxy groups -OCH3 is 1. The molecule has 0 amide bonds. The highest BCUT2D eigenvalue weighted by Crippen LogP contribution is 2.31. The molecule has 0 aliphatic carbocycles. The first-order valence-electron chi connectivity index (χ1n) is 9.71. The van der Waals surface area contributed by atoms with Crippen LogP contribution < -0.4 is 15.2 Å². The Labute approximate surface area is 180 Å². The van der Waals surface area contributed by atoms with Crippen molar-refractivity contribution in [3.8, 4) is 11.5 Å². The first-order chi connectivity index (χ1) is 14.5. The molecule has 2 N–H and O–H groups in total. The van der Waals surface area contributed by atoms with E-state index in [1.54, 1.807) is 13.0 Å². The van der Waals surface area contributed by atoms with Gasteiger partial charge in [0.25, 0.3) is 0 Å². The first-order valence-corrected chi connectivity index (χ1v) is 9.71. The second-order valence-corrected chi connectivity index (χ2v) is 7.02.